The van der Waals surface area contributed by atoms with E-state index < -0.39 is 28.9 Å². The Morgan fingerprint density at radius 2 is 1.76 bits per heavy atom. The predicted octanol–water partition coefficient (Wildman–Crippen LogP) is 4.65. The predicted molar refractivity (Wildman–Crippen MR) is 133 cm³/mol. The van der Waals surface area contributed by atoms with Crippen molar-refractivity contribution in [1.82, 2.24) is 0 Å². The van der Waals surface area contributed by atoms with E-state index >= 15 is 0 Å². The lowest BCUT2D eigenvalue weighted by Gasteiger charge is -2.59. The number of cyclic esters (lactones) is 1. The molecule has 12 atom stereocenters. The Morgan fingerprint density at radius 1 is 1.00 bits per heavy atom. The molecule has 7 nitrogen and oxygen atoms in total. The quantitative estimate of drug-likeness (QED) is 0.424. The molecular weight excluding hydrogens is 472 g/mol. The summed E-state index contributed by atoms with van der Waals surface area (Å²) in [7, 11) is 0. The highest BCUT2D eigenvalue weighted by Crippen LogP contribution is 2.75. The summed E-state index contributed by atoms with van der Waals surface area (Å²) in [6.07, 6.45) is 9.15. The lowest BCUT2D eigenvalue weighted by Crippen LogP contribution is -2.58. The third kappa shape index (κ3) is 2.84. The van der Waals surface area contributed by atoms with Crippen molar-refractivity contribution in [2.75, 3.05) is 0 Å². The van der Waals surface area contributed by atoms with E-state index in [4.69, 9.17) is 19.2 Å². The Kier molecular flexibility index (Phi) is 4.91. The van der Waals surface area contributed by atoms with E-state index in [1.807, 2.05) is 19.9 Å². The van der Waals surface area contributed by atoms with Crippen molar-refractivity contribution in [3.63, 3.8) is 0 Å². The zero-order chi connectivity index (χ0) is 26.2. The first kappa shape index (κ1) is 24.6. The van der Waals surface area contributed by atoms with E-state index in [1.165, 1.54) is 0 Å². The largest absolute Gasteiger partial charge is 0.458 e. The van der Waals surface area contributed by atoms with Crippen LogP contribution in [0.4, 0.5) is 0 Å². The van der Waals surface area contributed by atoms with Crippen LogP contribution in [-0.2, 0) is 28.8 Å². The first-order valence-corrected chi connectivity index (χ1v) is 14.5. The molecule has 37 heavy (non-hydrogen) atoms. The number of fused-ring (bicyclic) bond motifs is 5. The van der Waals surface area contributed by atoms with E-state index in [2.05, 4.69) is 20.8 Å². The molecule has 4 bridgehead atoms. The molecule has 7 heteroatoms. The number of rotatable bonds is 2. The van der Waals surface area contributed by atoms with E-state index in [1.54, 1.807) is 0 Å². The molecule has 0 aromatic heterocycles. The van der Waals surface area contributed by atoms with Gasteiger partial charge in [-0.15, -0.1) is 0 Å². The molecule has 0 radical (unpaired) electrons. The first-order chi connectivity index (χ1) is 17.4. The summed E-state index contributed by atoms with van der Waals surface area (Å²) in [5, 5.41) is 10.9. The summed E-state index contributed by atoms with van der Waals surface area (Å²) in [6.45, 7) is 11.1. The van der Waals surface area contributed by atoms with Crippen molar-refractivity contribution < 1.29 is 33.9 Å². The Bertz CT molecular complexity index is 1090. The van der Waals surface area contributed by atoms with Crippen LogP contribution < -0.4 is 0 Å². The van der Waals surface area contributed by atoms with Crippen LogP contribution in [-0.4, -0.2) is 46.1 Å². The topological polar surface area (TPSA) is 91.3 Å². The Balaban J connectivity index is 1.21. The standard InChI is InChI=1S/C30H42O7/c1-16-6-7-20(34-24(16)32)17(2)18-10-11-27(4)21-8-9-22-28(5)14-19(23(31)25(33)35-28)30(22)15-29(21,36-37-30)13-12-26(18,27)3/h6,17-23,31H,7-15H2,1-5H3/t17-,18+,19+,20-,21-,22-,23+,26+,27-,28+,29-,30-/m0/s1. The van der Waals surface area contributed by atoms with Crippen LogP contribution in [0.2, 0.25) is 0 Å². The minimum absolute atomic E-state index is 0.0266. The van der Waals surface area contributed by atoms with Crippen LogP contribution in [0, 0.1) is 40.4 Å². The van der Waals surface area contributed by atoms with E-state index in [-0.39, 0.29) is 34.7 Å². The van der Waals surface area contributed by atoms with Crippen LogP contribution in [0.1, 0.15) is 92.4 Å². The summed E-state index contributed by atoms with van der Waals surface area (Å²) >= 11 is 0. The number of esters is 2. The molecule has 204 valence electrons. The van der Waals surface area contributed by atoms with Gasteiger partial charge in [0.05, 0.1) is 0 Å². The van der Waals surface area contributed by atoms with Crippen molar-refractivity contribution in [1.29, 1.82) is 0 Å². The highest BCUT2D eigenvalue weighted by atomic mass is 17.2. The summed E-state index contributed by atoms with van der Waals surface area (Å²) < 4.78 is 11.8. The summed E-state index contributed by atoms with van der Waals surface area (Å²) in [5.41, 5.74) is -0.782. The van der Waals surface area contributed by atoms with Gasteiger partial charge in [-0.3, -0.25) is 0 Å². The fourth-order valence-corrected chi connectivity index (χ4v) is 11.1. The summed E-state index contributed by atoms with van der Waals surface area (Å²) in [6, 6.07) is 0. The molecular formula is C30H42O7. The van der Waals surface area contributed by atoms with Gasteiger partial charge in [-0.05, 0) is 87.4 Å². The minimum Gasteiger partial charge on any atom is -0.458 e. The van der Waals surface area contributed by atoms with E-state index in [9.17, 15) is 14.7 Å². The number of hydrogen-bond donors (Lipinski definition) is 1. The van der Waals surface area contributed by atoms with Crippen molar-refractivity contribution >= 4 is 11.9 Å². The van der Waals surface area contributed by atoms with Crippen LogP contribution in [0.5, 0.6) is 0 Å². The highest BCUT2D eigenvalue weighted by Gasteiger charge is 2.78. The number of carbonyl (C=O) groups excluding carboxylic acids is 2. The maximum absolute atomic E-state index is 12.6. The maximum atomic E-state index is 12.6. The molecule has 4 aliphatic carbocycles. The maximum Gasteiger partial charge on any atom is 0.335 e. The average molecular weight is 515 g/mol. The molecule has 2 saturated heterocycles. The lowest BCUT2D eigenvalue weighted by molar-refractivity contribution is -0.392. The van der Waals surface area contributed by atoms with E-state index in [0.29, 0.717) is 24.2 Å². The number of ether oxygens (including phenoxy) is 2. The zero-order valence-electron chi connectivity index (χ0n) is 22.9. The van der Waals surface area contributed by atoms with Gasteiger partial charge >= 0.3 is 11.9 Å². The molecule has 3 heterocycles. The van der Waals surface area contributed by atoms with E-state index in [0.717, 1.165) is 56.9 Å². The highest BCUT2D eigenvalue weighted by molar-refractivity contribution is 5.88. The fourth-order valence-electron chi connectivity index (χ4n) is 11.1. The first-order valence-electron chi connectivity index (χ1n) is 14.5. The monoisotopic (exact) mass is 514 g/mol. The Morgan fingerprint density at radius 3 is 2.51 bits per heavy atom. The third-order valence-corrected chi connectivity index (χ3v) is 13.2. The molecule has 4 saturated carbocycles. The molecule has 6 fully saturated rings. The SMILES string of the molecule is CC1=CC[C@@H]([C@@H](C)[C@H]2CC[C@@]3(C)[C@@H]4CC[C@@H]5[C@]6(C[C@]4(CC[C@]23C)OO6)[C@@H]2C[C@@]5(C)OC(=O)[C@@H]2O)OC1=O. The number of aliphatic hydroxyl groups excluding tert-OH is 1. The number of carbonyl (C=O) groups is 2. The van der Waals surface area contributed by atoms with Crippen molar-refractivity contribution in [3.05, 3.63) is 11.6 Å². The molecule has 0 aromatic rings. The second-order valence-corrected chi connectivity index (χ2v) is 14.4. The lowest BCUT2D eigenvalue weighted by atomic mass is 9.46. The van der Waals surface area contributed by atoms with Crippen molar-refractivity contribution in [2.24, 2.45) is 40.4 Å². The van der Waals surface area contributed by atoms with Gasteiger partial charge in [-0.25, -0.2) is 19.4 Å². The van der Waals surface area contributed by atoms with Crippen molar-refractivity contribution in [3.8, 4) is 0 Å². The van der Waals surface area contributed by atoms with Gasteiger partial charge in [0.2, 0.25) is 0 Å². The van der Waals surface area contributed by atoms with Crippen LogP contribution >= 0.6 is 0 Å². The van der Waals surface area contributed by atoms with Gasteiger partial charge < -0.3 is 14.6 Å². The Hall–Kier alpha value is -1.44. The molecule has 3 aliphatic heterocycles. The molecule has 0 unspecified atom stereocenters. The van der Waals surface area contributed by atoms with Crippen LogP contribution in [0.25, 0.3) is 0 Å². The van der Waals surface area contributed by atoms with Gasteiger partial charge in [0.25, 0.3) is 0 Å². The minimum atomic E-state index is -1.15. The molecule has 0 amide bonds. The average Bonchev–Trinajstić information content (AvgIpc) is 3.37. The molecule has 0 aromatic carbocycles. The number of aliphatic hydroxyl groups is 1. The van der Waals surface area contributed by atoms with Gasteiger partial charge in [0.1, 0.15) is 22.9 Å². The zero-order valence-corrected chi connectivity index (χ0v) is 22.9. The molecule has 2 spiro atoms. The number of hydrogen-bond acceptors (Lipinski definition) is 7. The fraction of sp³-hybridized carbons (Fsp3) is 0.867. The summed E-state index contributed by atoms with van der Waals surface area (Å²) in [5.74, 6) is 0.157. The molecule has 7 aliphatic rings. The Labute approximate surface area is 219 Å². The second kappa shape index (κ2) is 7.39. The smallest absolute Gasteiger partial charge is 0.335 e. The van der Waals surface area contributed by atoms with Gasteiger partial charge in [-0.1, -0.05) is 26.8 Å². The van der Waals surface area contributed by atoms with Crippen LogP contribution in [0.3, 0.4) is 0 Å². The van der Waals surface area contributed by atoms with Crippen LogP contribution in [0.15, 0.2) is 11.6 Å². The normalized spacial score (nSPS) is 56.9. The van der Waals surface area contributed by atoms with Gasteiger partial charge in [0.15, 0.2) is 6.10 Å². The van der Waals surface area contributed by atoms with Gasteiger partial charge in [0, 0.05) is 30.3 Å². The van der Waals surface area contributed by atoms with Crippen molar-refractivity contribution in [2.45, 2.75) is 121 Å². The summed E-state index contributed by atoms with van der Waals surface area (Å²) in [4.78, 5) is 37.8. The third-order valence-electron chi connectivity index (χ3n) is 13.2. The molecule has 7 rings (SSSR count). The molecule has 1 N–H and O–H groups in total. The van der Waals surface area contributed by atoms with Gasteiger partial charge in [-0.2, -0.15) is 0 Å². The second-order valence-electron chi connectivity index (χ2n) is 14.4.